The normalized spacial score (nSPS) is 18.1. The predicted molar refractivity (Wildman–Crippen MR) is 70.4 cm³/mol. The SMILES string of the molecule is COC1CCN(C(=O)NCc2ccc(C(=O)O)nc2)C1. The number of pyridine rings is 1. The lowest BCUT2D eigenvalue weighted by atomic mass is 10.2. The van der Waals surface area contributed by atoms with Crippen molar-refractivity contribution < 1.29 is 19.4 Å². The van der Waals surface area contributed by atoms with Crippen LogP contribution in [-0.2, 0) is 11.3 Å². The number of hydrogen-bond acceptors (Lipinski definition) is 4. The van der Waals surface area contributed by atoms with E-state index in [4.69, 9.17) is 9.84 Å². The number of likely N-dealkylation sites (tertiary alicyclic amines) is 1. The van der Waals surface area contributed by atoms with Crippen LogP contribution in [0, 0.1) is 0 Å². The fraction of sp³-hybridized carbons (Fsp3) is 0.462. The molecule has 2 heterocycles. The average molecular weight is 279 g/mol. The number of carbonyl (C=O) groups excluding carboxylic acids is 1. The number of urea groups is 1. The van der Waals surface area contributed by atoms with Gasteiger partial charge < -0.3 is 20.1 Å². The molecule has 108 valence electrons. The van der Waals surface area contributed by atoms with Crippen LogP contribution in [0.3, 0.4) is 0 Å². The lowest BCUT2D eigenvalue weighted by Crippen LogP contribution is -2.38. The Kier molecular flexibility index (Phi) is 4.52. The van der Waals surface area contributed by atoms with E-state index in [1.54, 1.807) is 18.1 Å². The summed E-state index contributed by atoms with van der Waals surface area (Å²) in [7, 11) is 1.64. The van der Waals surface area contributed by atoms with E-state index in [-0.39, 0.29) is 17.8 Å². The van der Waals surface area contributed by atoms with E-state index in [2.05, 4.69) is 10.3 Å². The second-order valence-electron chi connectivity index (χ2n) is 4.61. The van der Waals surface area contributed by atoms with Gasteiger partial charge in [-0.3, -0.25) is 0 Å². The molecule has 1 fully saturated rings. The molecular weight excluding hydrogens is 262 g/mol. The molecule has 0 spiro atoms. The summed E-state index contributed by atoms with van der Waals surface area (Å²) in [5.41, 5.74) is 0.744. The van der Waals surface area contributed by atoms with Crippen molar-refractivity contribution in [3.05, 3.63) is 29.6 Å². The minimum absolute atomic E-state index is 0.0115. The van der Waals surface area contributed by atoms with E-state index in [0.29, 0.717) is 19.6 Å². The van der Waals surface area contributed by atoms with Crippen LogP contribution in [0.25, 0.3) is 0 Å². The number of carboxylic acid groups (broad SMARTS) is 1. The Labute approximate surface area is 116 Å². The van der Waals surface area contributed by atoms with Gasteiger partial charge in [0, 0.05) is 32.9 Å². The first kappa shape index (κ1) is 14.3. The molecule has 1 aliphatic rings. The van der Waals surface area contributed by atoms with Gasteiger partial charge in [0.05, 0.1) is 6.10 Å². The number of aromatic carboxylic acids is 1. The molecule has 1 aromatic heterocycles. The fourth-order valence-corrected chi connectivity index (χ4v) is 2.05. The van der Waals surface area contributed by atoms with E-state index in [1.807, 2.05) is 0 Å². The third kappa shape index (κ3) is 3.45. The standard InChI is InChI=1S/C13H17N3O4/c1-20-10-4-5-16(8-10)13(19)15-7-9-2-3-11(12(17)18)14-6-9/h2-3,6,10H,4-5,7-8H2,1H3,(H,15,19)(H,17,18). The first-order chi connectivity index (χ1) is 9.60. The lowest BCUT2D eigenvalue weighted by molar-refractivity contribution is 0.0690. The van der Waals surface area contributed by atoms with Crippen molar-refractivity contribution in [1.82, 2.24) is 15.2 Å². The molecule has 1 unspecified atom stereocenters. The van der Waals surface area contributed by atoms with Gasteiger partial charge in [0.1, 0.15) is 5.69 Å². The number of ether oxygens (including phenoxy) is 1. The number of rotatable bonds is 4. The number of nitrogens with zero attached hydrogens (tertiary/aromatic N) is 2. The van der Waals surface area contributed by atoms with Crippen molar-refractivity contribution >= 4 is 12.0 Å². The summed E-state index contributed by atoms with van der Waals surface area (Å²) >= 11 is 0. The molecule has 1 aromatic rings. The lowest BCUT2D eigenvalue weighted by Gasteiger charge is -2.17. The Bertz CT molecular complexity index is 489. The van der Waals surface area contributed by atoms with Crippen LogP contribution in [0.2, 0.25) is 0 Å². The van der Waals surface area contributed by atoms with Crippen LogP contribution in [0.1, 0.15) is 22.5 Å². The van der Waals surface area contributed by atoms with Gasteiger partial charge in [0.25, 0.3) is 0 Å². The van der Waals surface area contributed by atoms with Crippen LogP contribution in [0.5, 0.6) is 0 Å². The smallest absolute Gasteiger partial charge is 0.354 e. The number of hydrogen-bond donors (Lipinski definition) is 2. The third-order valence-corrected chi connectivity index (χ3v) is 3.25. The van der Waals surface area contributed by atoms with Crippen LogP contribution in [0.15, 0.2) is 18.3 Å². The number of carbonyl (C=O) groups is 2. The van der Waals surface area contributed by atoms with Gasteiger partial charge in [-0.2, -0.15) is 0 Å². The molecule has 0 aliphatic carbocycles. The Morgan fingerprint density at radius 2 is 2.35 bits per heavy atom. The Morgan fingerprint density at radius 3 is 2.90 bits per heavy atom. The zero-order valence-electron chi connectivity index (χ0n) is 11.2. The molecule has 2 N–H and O–H groups in total. The van der Waals surface area contributed by atoms with Crippen molar-refractivity contribution in [2.24, 2.45) is 0 Å². The first-order valence-electron chi connectivity index (χ1n) is 6.34. The van der Waals surface area contributed by atoms with Crippen LogP contribution in [0.4, 0.5) is 4.79 Å². The summed E-state index contributed by atoms with van der Waals surface area (Å²) in [5.74, 6) is -1.07. The van der Waals surface area contributed by atoms with Gasteiger partial charge in [0.15, 0.2) is 0 Å². The van der Waals surface area contributed by atoms with E-state index in [0.717, 1.165) is 12.0 Å². The van der Waals surface area contributed by atoms with E-state index < -0.39 is 5.97 Å². The topological polar surface area (TPSA) is 91.8 Å². The zero-order chi connectivity index (χ0) is 14.5. The molecule has 1 aliphatic heterocycles. The number of aromatic nitrogens is 1. The maximum Gasteiger partial charge on any atom is 0.354 e. The van der Waals surface area contributed by atoms with Crippen molar-refractivity contribution in [2.45, 2.75) is 19.1 Å². The molecule has 20 heavy (non-hydrogen) atoms. The maximum atomic E-state index is 11.9. The van der Waals surface area contributed by atoms with Gasteiger partial charge in [-0.05, 0) is 18.1 Å². The number of nitrogens with one attached hydrogen (secondary N) is 1. The molecule has 0 aromatic carbocycles. The van der Waals surface area contributed by atoms with Crippen LogP contribution >= 0.6 is 0 Å². The molecular formula is C13H17N3O4. The molecule has 1 saturated heterocycles. The summed E-state index contributed by atoms with van der Waals surface area (Å²) in [6.45, 7) is 1.60. The zero-order valence-corrected chi connectivity index (χ0v) is 11.2. The molecule has 2 rings (SSSR count). The maximum absolute atomic E-state index is 11.9. The van der Waals surface area contributed by atoms with E-state index >= 15 is 0 Å². The Balaban J connectivity index is 1.83. The van der Waals surface area contributed by atoms with Gasteiger partial charge in [-0.1, -0.05) is 6.07 Å². The van der Waals surface area contributed by atoms with Gasteiger partial charge >= 0.3 is 12.0 Å². The fourth-order valence-electron chi connectivity index (χ4n) is 2.05. The Hall–Kier alpha value is -2.15. The third-order valence-electron chi connectivity index (χ3n) is 3.25. The van der Waals surface area contributed by atoms with Crippen LogP contribution < -0.4 is 5.32 Å². The highest BCUT2D eigenvalue weighted by molar-refractivity contribution is 5.85. The van der Waals surface area contributed by atoms with Crippen molar-refractivity contribution in [3.8, 4) is 0 Å². The minimum atomic E-state index is -1.07. The van der Waals surface area contributed by atoms with E-state index in [1.165, 1.54) is 12.3 Å². The molecule has 0 bridgehead atoms. The highest BCUT2D eigenvalue weighted by Crippen LogP contribution is 2.11. The van der Waals surface area contributed by atoms with Crippen molar-refractivity contribution in [3.63, 3.8) is 0 Å². The highest BCUT2D eigenvalue weighted by atomic mass is 16.5. The van der Waals surface area contributed by atoms with Crippen molar-refractivity contribution in [2.75, 3.05) is 20.2 Å². The second-order valence-corrected chi connectivity index (χ2v) is 4.61. The predicted octanol–water partition coefficient (Wildman–Crippen LogP) is 0.710. The molecule has 0 saturated carbocycles. The minimum Gasteiger partial charge on any atom is -0.477 e. The van der Waals surface area contributed by atoms with Gasteiger partial charge in [-0.25, -0.2) is 14.6 Å². The summed E-state index contributed by atoms with van der Waals surface area (Å²) in [5, 5.41) is 11.5. The monoisotopic (exact) mass is 279 g/mol. The number of methoxy groups -OCH3 is 1. The summed E-state index contributed by atoms with van der Waals surface area (Å²) in [4.78, 5) is 28.1. The van der Waals surface area contributed by atoms with Crippen molar-refractivity contribution in [1.29, 1.82) is 0 Å². The first-order valence-corrected chi connectivity index (χ1v) is 6.34. The molecule has 7 nitrogen and oxygen atoms in total. The van der Waals surface area contributed by atoms with Crippen LogP contribution in [-0.4, -0.2) is 53.3 Å². The number of carboxylic acids is 1. The summed E-state index contributed by atoms with van der Waals surface area (Å²) < 4.78 is 5.20. The quantitative estimate of drug-likeness (QED) is 0.847. The summed E-state index contributed by atoms with van der Waals surface area (Å²) in [6, 6.07) is 2.91. The molecule has 2 amide bonds. The largest absolute Gasteiger partial charge is 0.477 e. The molecule has 7 heteroatoms. The van der Waals surface area contributed by atoms with Gasteiger partial charge in [-0.15, -0.1) is 0 Å². The molecule has 1 atom stereocenters. The van der Waals surface area contributed by atoms with Gasteiger partial charge in [0.2, 0.25) is 0 Å². The summed E-state index contributed by atoms with van der Waals surface area (Å²) in [6.07, 6.45) is 2.40. The number of amides is 2. The average Bonchev–Trinajstić information content (AvgIpc) is 2.94. The Morgan fingerprint density at radius 1 is 1.55 bits per heavy atom. The highest BCUT2D eigenvalue weighted by Gasteiger charge is 2.25. The second kappa shape index (κ2) is 6.33. The molecule has 0 radical (unpaired) electrons. The van der Waals surface area contributed by atoms with E-state index in [9.17, 15) is 9.59 Å².